The maximum Gasteiger partial charge on any atom is 0.433 e. The van der Waals surface area contributed by atoms with E-state index in [0.29, 0.717) is 18.5 Å². The van der Waals surface area contributed by atoms with Crippen molar-refractivity contribution in [3.63, 3.8) is 0 Å². The Kier molecular flexibility index (Phi) is 4.72. The van der Waals surface area contributed by atoms with Gasteiger partial charge in [0, 0.05) is 31.6 Å². The smallest absolute Gasteiger partial charge is 0.355 e. The molecule has 0 bridgehead atoms. The van der Waals surface area contributed by atoms with Crippen molar-refractivity contribution >= 4 is 5.91 Å². The van der Waals surface area contributed by atoms with Gasteiger partial charge in [-0.1, -0.05) is 11.8 Å². The molecule has 0 unspecified atom stereocenters. The van der Waals surface area contributed by atoms with Crippen molar-refractivity contribution in [1.29, 1.82) is 0 Å². The summed E-state index contributed by atoms with van der Waals surface area (Å²) in [6.45, 7) is 1.81. The fourth-order valence-corrected chi connectivity index (χ4v) is 1.10. The molecular weight excluding hydrogens is 245 g/mol. The fourth-order valence-electron chi connectivity index (χ4n) is 1.10. The number of nitrogens with zero attached hydrogens (tertiary/aromatic N) is 1. The summed E-state index contributed by atoms with van der Waals surface area (Å²) in [5.41, 5.74) is -0.530. The molecule has 0 atom stereocenters. The molecule has 1 rings (SSSR count). The number of aromatic nitrogens is 1. The first kappa shape index (κ1) is 14.0. The normalized spacial score (nSPS) is 10.4. The molecule has 3 nitrogen and oxygen atoms in total. The predicted molar refractivity (Wildman–Crippen MR) is 59.4 cm³/mol. The average molecular weight is 256 g/mol. The highest BCUT2D eigenvalue weighted by Gasteiger charge is 2.31. The highest BCUT2D eigenvalue weighted by molar-refractivity contribution is 5.72. The summed E-state index contributed by atoms with van der Waals surface area (Å²) >= 11 is 0. The summed E-state index contributed by atoms with van der Waals surface area (Å²) in [5, 5.41) is 2.55. The molecule has 0 aliphatic carbocycles. The van der Waals surface area contributed by atoms with Crippen LogP contribution in [0.4, 0.5) is 13.2 Å². The average Bonchev–Trinajstić information content (AvgIpc) is 2.27. The van der Waals surface area contributed by atoms with Gasteiger partial charge >= 0.3 is 6.18 Å². The Bertz CT molecular complexity index is 469. The number of nitrogens with one attached hydrogen (secondary N) is 1. The zero-order chi connectivity index (χ0) is 13.6. The Morgan fingerprint density at radius 2 is 2.17 bits per heavy atom. The van der Waals surface area contributed by atoms with Crippen molar-refractivity contribution in [1.82, 2.24) is 10.3 Å². The second-order valence-corrected chi connectivity index (χ2v) is 3.46. The van der Waals surface area contributed by atoms with E-state index in [1.807, 2.05) is 0 Å². The molecule has 0 aliphatic rings. The monoisotopic (exact) mass is 256 g/mol. The quantitative estimate of drug-likeness (QED) is 0.649. The van der Waals surface area contributed by atoms with E-state index in [4.69, 9.17) is 0 Å². The molecule has 0 radical (unpaired) electrons. The van der Waals surface area contributed by atoms with Crippen molar-refractivity contribution in [3.8, 4) is 11.8 Å². The number of carbonyl (C=O) groups excluding carboxylic acids is 1. The molecule has 0 aliphatic heterocycles. The summed E-state index contributed by atoms with van der Waals surface area (Å²) in [5.74, 6) is 5.25. The molecule has 96 valence electrons. The zero-order valence-corrected chi connectivity index (χ0v) is 9.64. The molecule has 1 N–H and O–H groups in total. The van der Waals surface area contributed by atoms with E-state index in [0.717, 1.165) is 12.3 Å². The third-order valence-corrected chi connectivity index (χ3v) is 1.91. The van der Waals surface area contributed by atoms with Crippen LogP contribution in [0.15, 0.2) is 18.3 Å². The zero-order valence-electron chi connectivity index (χ0n) is 9.64. The van der Waals surface area contributed by atoms with Crippen molar-refractivity contribution in [3.05, 3.63) is 29.6 Å². The van der Waals surface area contributed by atoms with Crippen molar-refractivity contribution in [2.24, 2.45) is 0 Å². The molecule has 0 saturated heterocycles. The summed E-state index contributed by atoms with van der Waals surface area (Å²) in [4.78, 5) is 13.8. The largest absolute Gasteiger partial charge is 0.433 e. The first-order valence-electron chi connectivity index (χ1n) is 5.16. The Hall–Kier alpha value is -2.03. The molecule has 0 spiro atoms. The standard InChI is InChI=1S/C12H11F3N2O/c1-9(18)16-7-3-2-4-10-5-6-11(17-8-10)12(13,14)15/h5-6,8H,3,7H2,1H3,(H,16,18). The van der Waals surface area contributed by atoms with Gasteiger partial charge < -0.3 is 5.32 Å². The van der Waals surface area contributed by atoms with E-state index < -0.39 is 11.9 Å². The lowest BCUT2D eigenvalue weighted by molar-refractivity contribution is -0.141. The Labute approximate surface area is 102 Å². The van der Waals surface area contributed by atoms with Gasteiger partial charge in [-0.25, -0.2) is 0 Å². The summed E-state index contributed by atoms with van der Waals surface area (Å²) in [6.07, 6.45) is -2.92. The molecule has 18 heavy (non-hydrogen) atoms. The van der Waals surface area contributed by atoms with Gasteiger partial charge in [0.1, 0.15) is 5.69 Å². The van der Waals surface area contributed by atoms with Crippen LogP contribution in [0.1, 0.15) is 24.6 Å². The van der Waals surface area contributed by atoms with Crippen LogP contribution < -0.4 is 5.32 Å². The Balaban J connectivity index is 2.54. The molecule has 1 aromatic rings. The molecule has 0 saturated carbocycles. The van der Waals surface area contributed by atoms with E-state index in [-0.39, 0.29) is 5.91 Å². The molecular formula is C12H11F3N2O. The second kappa shape index (κ2) is 6.05. The van der Waals surface area contributed by atoms with E-state index >= 15 is 0 Å². The first-order chi connectivity index (χ1) is 8.39. The number of hydrogen-bond acceptors (Lipinski definition) is 2. The topological polar surface area (TPSA) is 42.0 Å². The minimum absolute atomic E-state index is 0.145. The fraction of sp³-hybridized carbons (Fsp3) is 0.333. The third kappa shape index (κ3) is 4.87. The van der Waals surface area contributed by atoms with Crippen LogP contribution in [0.3, 0.4) is 0 Å². The van der Waals surface area contributed by atoms with Crippen molar-refractivity contribution in [2.75, 3.05) is 6.54 Å². The number of carbonyl (C=O) groups is 1. The minimum Gasteiger partial charge on any atom is -0.355 e. The Morgan fingerprint density at radius 1 is 1.44 bits per heavy atom. The first-order valence-corrected chi connectivity index (χ1v) is 5.16. The second-order valence-electron chi connectivity index (χ2n) is 3.46. The number of alkyl halides is 3. The summed E-state index contributed by atoms with van der Waals surface area (Å²) < 4.78 is 36.6. The lowest BCUT2D eigenvalue weighted by atomic mass is 10.2. The molecule has 1 aromatic heterocycles. The van der Waals surface area contributed by atoms with Crippen LogP contribution in [-0.4, -0.2) is 17.4 Å². The Morgan fingerprint density at radius 3 is 2.67 bits per heavy atom. The SMILES string of the molecule is CC(=O)NCCC#Cc1ccc(C(F)(F)F)nc1. The van der Waals surface area contributed by atoms with Gasteiger partial charge in [-0.2, -0.15) is 13.2 Å². The number of amides is 1. The van der Waals surface area contributed by atoms with Crippen LogP contribution in [0.5, 0.6) is 0 Å². The number of rotatable bonds is 2. The number of hydrogen-bond donors (Lipinski definition) is 1. The number of halogens is 3. The van der Waals surface area contributed by atoms with Crippen LogP contribution in [0.25, 0.3) is 0 Å². The molecule has 0 fully saturated rings. The van der Waals surface area contributed by atoms with Crippen LogP contribution in [-0.2, 0) is 11.0 Å². The van der Waals surface area contributed by atoms with Crippen LogP contribution in [0, 0.1) is 11.8 Å². The molecule has 1 amide bonds. The lowest BCUT2D eigenvalue weighted by Crippen LogP contribution is -2.20. The van der Waals surface area contributed by atoms with Crippen molar-refractivity contribution in [2.45, 2.75) is 19.5 Å². The summed E-state index contributed by atoms with van der Waals surface area (Å²) in [6, 6.07) is 2.15. The molecule has 0 aromatic carbocycles. The van der Waals surface area contributed by atoms with Gasteiger partial charge in [0.05, 0.1) is 0 Å². The van der Waals surface area contributed by atoms with E-state index in [1.54, 1.807) is 0 Å². The minimum atomic E-state index is -4.43. The maximum absolute atomic E-state index is 12.2. The number of pyridine rings is 1. The molecule has 6 heteroatoms. The van der Waals surface area contributed by atoms with Crippen LogP contribution >= 0.6 is 0 Å². The van der Waals surface area contributed by atoms with Crippen LogP contribution in [0.2, 0.25) is 0 Å². The van der Waals surface area contributed by atoms with E-state index in [9.17, 15) is 18.0 Å². The maximum atomic E-state index is 12.2. The molecule has 1 heterocycles. The van der Waals surface area contributed by atoms with E-state index in [2.05, 4.69) is 22.1 Å². The third-order valence-electron chi connectivity index (χ3n) is 1.91. The van der Waals surface area contributed by atoms with E-state index in [1.165, 1.54) is 13.0 Å². The van der Waals surface area contributed by atoms with Gasteiger partial charge in [0.15, 0.2) is 0 Å². The van der Waals surface area contributed by atoms with Gasteiger partial charge in [-0.15, -0.1) is 0 Å². The highest BCUT2D eigenvalue weighted by atomic mass is 19.4. The predicted octanol–water partition coefficient (Wildman–Crippen LogP) is 1.98. The van der Waals surface area contributed by atoms with Gasteiger partial charge in [-0.05, 0) is 12.1 Å². The van der Waals surface area contributed by atoms with Gasteiger partial charge in [0.25, 0.3) is 0 Å². The van der Waals surface area contributed by atoms with Gasteiger partial charge in [-0.3, -0.25) is 9.78 Å². The summed E-state index contributed by atoms with van der Waals surface area (Å²) in [7, 11) is 0. The van der Waals surface area contributed by atoms with Crippen molar-refractivity contribution < 1.29 is 18.0 Å². The lowest BCUT2D eigenvalue weighted by Gasteiger charge is -2.03. The van der Waals surface area contributed by atoms with Gasteiger partial charge in [0.2, 0.25) is 5.91 Å². The highest BCUT2D eigenvalue weighted by Crippen LogP contribution is 2.26.